The van der Waals surface area contributed by atoms with Crippen molar-refractivity contribution in [3.8, 4) is 5.75 Å². The largest absolute Gasteiger partial charge is 0.423 e. The van der Waals surface area contributed by atoms with E-state index in [-0.39, 0.29) is 11.3 Å². The second-order valence-corrected chi connectivity index (χ2v) is 4.06. The lowest BCUT2D eigenvalue weighted by Gasteiger charge is -2.12. The Morgan fingerprint density at radius 3 is 2.60 bits per heavy atom. The number of halogens is 1. The lowest BCUT2D eigenvalue weighted by molar-refractivity contribution is -0.131. The average molecular weight is 273 g/mol. The molecule has 0 radical (unpaired) electrons. The highest BCUT2D eigenvalue weighted by Gasteiger charge is 2.20. The maximum Gasteiger partial charge on any atom is 0.341 e. The number of benzene rings is 1. The summed E-state index contributed by atoms with van der Waals surface area (Å²) >= 11 is 0. The number of aliphatic hydroxyl groups is 1. The van der Waals surface area contributed by atoms with Crippen molar-refractivity contribution in [3.05, 3.63) is 72.3 Å². The van der Waals surface area contributed by atoms with Crippen molar-refractivity contribution in [2.75, 3.05) is 0 Å². The number of aromatic nitrogens is 1. The number of nitrogens with zero attached hydrogens (tertiary/aromatic N) is 1. The van der Waals surface area contributed by atoms with Crippen LogP contribution in [0.25, 0.3) is 0 Å². The van der Waals surface area contributed by atoms with Crippen LogP contribution in [0.5, 0.6) is 5.75 Å². The monoisotopic (exact) mass is 273 g/mol. The van der Waals surface area contributed by atoms with Gasteiger partial charge in [0.15, 0.2) is 0 Å². The van der Waals surface area contributed by atoms with E-state index < -0.39 is 17.9 Å². The summed E-state index contributed by atoms with van der Waals surface area (Å²) in [6, 6.07) is 8.23. The molecule has 0 saturated carbocycles. The Morgan fingerprint density at radius 2 is 2.00 bits per heavy atom. The molecule has 5 heteroatoms. The predicted molar refractivity (Wildman–Crippen MR) is 70.4 cm³/mol. The number of ether oxygens (including phenoxy) is 1. The van der Waals surface area contributed by atoms with Crippen LogP contribution in [0.2, 0.25) is 0 Å². The molecule has 20 heavy (non-hydrogen) atoms. The summed E-state index contributed by atoms with van der Waals surface area (Å²) < 4.78 is 17.7. The van der Waals surface area contributed by atoms with E-state index in [1.54, 1.807) is 18.3 Å². The van der Waals surface area contributed by atoms with Crippen molar-refractivity contribution in [2.45, 2.75) is 6.10 Å². The van der Waals surface area contributed by atoms with Gasteiger partial charge >= 0.3 is 5.97 Å². The Balaban J connectivity index is 2.05. The third-order valence-electron chi connectivity index (χ3n) is 2.62. The zero-order chi connectivity index (χ0) is 14.5. The number of rotatable bonds is 4. The third-order valence-corrected chi connectivity index (χ3v) is 2.62. The summed E-state index contributed by atoms with van der Waals surface area (Å²) in [5.74, 6) is -1.04. The molecule has 0 amide bonds. The van der Waals surface area contributed by atoms with Crippen molar-refractivity contribution < 1.29 is 19.0 Å². The van der Waals surface area contributed by atoms with E-state index in [1.807, 2.05) is 0 Å². The molecule has 1 aromatic carbocycles. The first-order chi connectivity index (χ1) is 9.58. The molecule has 0 fully saturated rings. The van der Waals surface area contributed by atoms with E-state index >= 15 is 0 Å². The first-order valence-electron chi connectivity index (χ1n) is 5.82. The van der Waals surface area contributed by atoms with Gasteiger partial charge in [-0.15, -0.1) is 0 Å². The Kier molecular flexibility index (Phi) is 4.22. The number of hydrogen-bond acceptors (Lipinski definition) is 4. The number of esters is 1. The van der Waals surface area contributed by atoms with E-state index in [2.05, 4.69) is 11.6 Å². The Labute approximate surface area is 115 Å². The van der Waals surface area contributed by atoms with Gasteiger partial charge in [0, 0.05) is 18.0 Å². The van der Waals surface area contributed by atoms with Crippen molar-refractivity contribution >= 4 is 5.97 Å². The highest BCUT2D eigenvalue weighted by atomic mass is 19.1. The molecule has 0 saturated heterocycles. The van der Waals surface area contributed by atoms with Crippen molar-refractivity contribution in [3.63, 3.8) is 0 Å². The Hall–Kier alpha value is -2.53. The minimum Gasteiger partial charge on any atom is -0.423 e. The molecule has 1 aromatic heterocycles. The fourth-order valence-electron chi connectivity index (χ4n) is 1.53. The highest BCUT2D eigenvalue weighted by molar-refractivity contribution is 5.90. The normalized spacial score (nSPS) is 11.7. The van der Waals surface area contributed by atoms with E-state index in [0.717, 1.165) is 0 Å². The number of aliphatic hydroxyl groups excluding tert-OH is 1. The zero-order valence-electron chi connectivity index (χ0n) is 10.5. The summed E-state index contributed by atoms with van der Waals surface area (Å²) in [5, 5.41) is 9.98. The van der Waals surface area contributed by atoms with Crippen LogP contribution in [0.3, 0.4) is 0 Å². The van der Waals surface area contributed by atoms with Gasteiger partial charge in [-0.1, -0.05) is 12.6 Å². The van der Waals surface area contributed by atoms with Crippen LogP contribution in [0.1, 0.15) is 11.7 Å². The van der Waals surface area contributed by atoms with Gasteiger partial charge in [-0.2, -0.15) is 0 Å². The van der Waals surface area contributed by atoms with E-state index in [4.69, 9.17) is 4.74 Å². The number of pyridine rings is 1. The molecule has 0 bridgehead atoms. The summed E-state index contributed by atoms with van der Waals surface area (Å²) in [4.78, 5) is 15.7. The van der Waals surface area contributed by atoms with Gasteiger partial charge in [-0.05, 0) is 30.3 Å². The van der Waals surface area contributed by atoms with E-state index in [0.29, 0.717) is 5.56 Å². The standard InChI is InChI=1S/C15H12FNO3/c1-10(14(18)11-3-2-8-17-9-11)15(19)20-13-6-4-12(16)5-7-13/h2-9,14,18H,1H2. The van der Waals surface area contributed by atoms with Gasteiger partial charge in [-0.3, -0.25) is 4.98 Å². The molecule has 0 spiro atoms. The second-order valence-electron chi connectivity index (χ2n) is 4.06. The SMILES string of the molecule is C=C(C(=O)Oc1ccc(F)cc1)C(O)c1cccnc1. The molecule has 2 aromatic rings. The van der Waals surface area contributed by atoms with E-state index in [1.165, 1.54) is 30.5 Å². The fraction of sp³-hybridized carbons (Fsp3) is 0.0667. The number of carbonyl (C=O) groups excluding carboxylic acids is 1. The molecule has 1 heterocycles. The molecule has 1 unspecified atom stereocenters. The average Bonchev–Trinajstić information content (AvgIpc) is 2.49. The van der Waals surface area contributed by atoms with Crippen molar-refractivity contribution in [1.29, 1.82) is 0 Å². The summed E-state index contributed by atoms with van der Waals surface area (Å²) in [7, 11) is 0. The minimum atomic E-state index is -1.20. The molecule has 102 valence electrons. The van der Waals surface area contributed by atoms with Crippen LogP contribution in [-0.2, 0) is 4.79 Å². The van der Waals surface area contributed by atoms with Gasteiger partial charge in [0.2, 0.25) is 0 Å². The molecular formula is C15H12FNO3. The van der Waals surface area contributed by atoms with Crippen LogP contribution in [0.15, 0.2) is 60.9 Å². The maximum absolute atomic E-state index is 12.7. The molecule has 1 N–H and O–H groups in total. The quantitative estimate of drug-likeness (QED) is 0.528. The van der Waals surface area contributed by atoms with Crippen LogP contribution in [0, 0.1) is 5.82 Å². The lowest BCUT2D eigenvalue weighted by Crippen LogP contribution is -2.16. The Morgan fingerprint density at radius 1 is 1.30 bits per heavy atom. The molecule has 1 atom stereocenters. The van der Waals surface area contributed by atoms with Gasteiger partial charge in [0.1, 0.15) is 17.7 Å². The lowest BCUT2D eigenvalue weighted by atomic mass is 10.1. The summed E-state index contributed by atoms with van der Waals surface area (Å²) in [6.07, 6.45) is 1.79. The first kappa shape index (κ1) is 13.9. The molecule has 0 aliphatic heterocycles. The van der Waals surface area contributed by atoms with Gasteiger partial charge in [0.25, 0.3) is 0 Å². The molecule has 4 nitrogen and oxygen atoms in total. The van der Waals surface area contributed by atoms with Crippen LogP contribution >= 0.6 is 0 Å². The van der Waals surface area contributed by atoms with Crippen LogP contribution in [-0.4, -0.2) is 16.1 Å². The molecule has 0 aliphatic rings. The molecule has 2 rings (SSSR count). The minimum absolute atomic E-state index is 0.123. The molecule has 0 aliphatic carbocycles. The van der Waals surface area contributed by atoms with Crippen LogP contribution in [0.4, 0.5) is 4.39 Å². The first-order valence-corrected chi connectivity index (χ1v) is 5.82. The summed E-state index contributed by atoms with van der Waals surface area (Å²) in [6.45, 7) is 3.52. The summed E-state index contributed by atoms with van der Waals surface area (Å²) in [5.41, 5.74) is 0.316. The molecular weight excluding hydrogens is 261 g/mol. The van der Waals surface area contributed by atoms with Crippen molar-refractivity contribution in [1.82, 2.24) is 4.98 Å². The zero-order valence-corrected chi connectivity index (χ0v) is 10.5. The predicted octanol–water partition coefficient (Wildman–Crippen LogP) is 2.42. The maximum atomic E-state index is 12.7. The Bertz CT molecular complexity index is 611. The van der Waals surface area contributed by atoms with Gasteiger partial charge < -0.3 is 9.84 Å². The fourth-order valence-corrected chi connectivity index (χ4v) is 1.53. The third kappa shape index (κ3) is 3.27. The topological polar surface area (TPSA) is 59.4 Å². The van der Waals surface area contributed by atoms with E-state index in [9.17, 15) is 14.3 Å². The van der Waals surface area contributed by atoms with Gasteiger partial charge in [-0.25, -0.2) is 9.18 Å². The van der Waals surface area contributed by atoms with Gasteiger partial charge in [0.05, 0.1) is 5.57 Å². The highest BCUT2D eigenvalue weighted by Crippen LogP contribution is 2.21. The smallest absolute Gasteiger partial charge is 0.341 e. The van der Waals surface area contributed by atoms with Crippen molar-refractivity contribution in [2.24, 2.45) is 0 Å². The number of hydrogen-bond donors (Lipinski definition) is 1. The number of carbonyl (C=O) groups is 1. The van der Waals surface area contributed by atoms with Crippen LogP contribution < -0.4 is 4.74 Å². The second kappa shape index (κ2) is 6.08.